The third kappa shape index (κ3) is 4.51. The molecule has 1 saturated carbocycles. The fraction of sp³-hybridized carbons (Fsp3) is 1.00. The van der Waals surface area contributed by atoms with Crippen LogP contribution in [0.4, 0.5) is 0 Å². The molecule has 0 saturated heterocycles. The molecular weight excluding hydrogens is 254 g/mol. The highest BCUT2D eigenvalue weighted by atomic mass is 35.5. The molecule has 1 aliphatic carbocycles. The molecule has 6 heteroatoms. The molecule has 1 aliphatic rings. The normalized spacial score (nSPS) is 21.3. The van der Waals surface area contributed by atoms with Crippen LogP contribution in [0.1, 0.15) is 19.8 Å². The Morgan fingerprint density at radius 1 is 1.53 bits per heavy atom. The minimum Gasteiger partial charge on any atom is -0.214 e. The van der Waals surface area contributed by atoms with Crippen LogP contribution in [0.25, 0.3) is 0 Å². The van der Waals surface area contributed by atoms with Gasteiger partial charge < -0.3 is 0 Å². The van der Waals surface area contributed by atoms with Gasteiger partial charge in [0, 0.05) is 17.2 Å². The van der Waals surface area contributed by atoms with E-state index < -0.39 is 10.0 Å². The number of sulfonamides is 1. The van der Waals surface area contributed by atoms with Gasteiger partial charge in [-0.1, -0.05) is 6.92 Å². The molecule has 0 aromatic rings. The summed E-state index contributed by atoms with van der Waals surface area (Å²) >= 11 is 7.34. The second-order valence-corrected chi connectivity index (χ2v) is 7.68. The van der Waals surface area contributed by atoms with Gasteiger partial charge in [-0.2, -0.15) is 11.8 Å². The molecule has 0 bridgehead atoms. The van der Waals surface area contributed by atoms with Crippen molar-refractivity contribution < 1.29 is 8.42 Å². The SMILES string of the molecule is CSC1(CNS(=O)(=O)CC(C)CCl)CC1. The Morgan fingerprint density at radius 3 is 2.53 bits per heavy atom. The highest BCUT2D eigenvalue weighted by Crippen LogP contribution is 2.46. The van der Waals surface area contributed by atoms with Gasteiger partial charge in [-0.25, -0.2) is 13.1 Å². The number of nitrogens with one attached hydrogen (secondary N) is 1. The lowest BCUT2D eigenvalue weighted by atomic mass is 10.3. The number of hydrogen-bond donors (Lipinski definition) is 1. The monoisotopic (exact) mass is 271 g/mol. The van der Waals surface area contributed by atoms with Gasteiger partial charge in [0.25, 0.3) is 0 Å². The zero-order valence-corrected chi connectivity index (χ0v) is 11.5. The standard InChI is InChI=1S/C9H18ClNO2S2/c1-8(5-10)6-15(12,13)11-7-9(14-2)3-4-9/h8,11H,3-7H2,1-2H3. The molecule has 1 unspecified atom stereocenters. The Hall–Kier alpha value is 0.550. The van der Waals surface area contributed by atoms with Gasteiger partial charge in [-0.05, 0) is 25.0 Å². The summed E-state index contributed by atoms with van der Waals surface area (Å²) < 4.78 is 26.1. The summed E-state index contributed by atoms with van der Waals surface area (Å²) in [4.78, 5) is 0. The third-order valence-electron chi connectivity index (χ3n) is 2.62. The van der Waals surface area contributed by atoms with Gasteiger partial charge in [0.15, 0.2) is 0 Å². The van der Waals surface area contributed by atoms with Crippen LogP contribution in [0.3, 0.4) is 0 Å². The molecule has 90 valence electrons. The van der Waals surface area contributed by atoms with E-state index in [0.29, 0.717) is 12.4 Å². The summed E-state index contributed by atoms with van der Waals surface area (Å²) in [5, 5.41) is 0. The molecule has 1 rings (SSSR count). The first-order valence-electron chi connectivity index (χ1n) is 5.01. The molecule has 0 aromatic heterocycles. The predicted molar refractivity (Wildman–Crippen MR) is 67.2 cm³/mol. The summed E-state index contributed by atoms with van der Waals surface area (Å²) in [6, 6.07) is 0. The number of thioether (sulfide) groups is 1. The quantitative estimate of drug-likeness (QED) is 0.717. The van der Waals surface area contributed by atoms with E-state index in [-0.39, 0.29) is 16.4 Å². The fourth-order valence-electron chi connectivity index (χ4n) is 1.31. The maximum atomic E-state index is 11.6. The van der Waals surface area contributed by atoms with Crippen LogP contribution >= 0.6 is 23.4 Å². The molecule has 0 spiro atoms. The molecule has 0 aromatic carbocycles. The number of halogens is 1. The first-order valence-corrected chi connectivity index (χ1v) is 8.43. The molecule has 0 heterocycles. The van der Waals surface area contributed by atoms with Crippen molar-refractivity contribution in [3.8, 4) is 0 Å². The van der Waals surface area contributed by atoms with Crippen LogP contribution in [0, 0.1) is 5.92 Å². The van der Waals surface area contributed by atoms with Crippen LogP contribution in [-0.2, 0) is 10.0 Å². The molecule has 1 fully saturated rings. The van der Waals surface area contributed by atoms with Crippen LogP contribution in [0.5, 0.6) is 0 Å². The average molecular weight is 272 g/mol. The van der Waals surface area contributed by atoms with Crippen molar-refractivity contribution in [3.63, 3.8) is 0 Å². The Morgan fingerprint density at radius 2 is 2.13 bits per heavy atom. The Labute approximate surface area is 101 Å². The number of hydrogen-bond acceptors (Lipinski definition) is 3. The van der Waals surface area contributed by atoms with E-state index in [2.05, 4.69) is 4.72 Å². The van der Waals surface area contributed by atoms with Gasteiger partial charge in [0.05, 0.1) is 5.75 Å². The van der Waals surface area contributed by atoms with E-state index >= 15 is 0 Å². The zero-order chi connectivity index (χ0) is 11.5. The molecular formula is C9H18ClNO2S2. The largest absolute Gasteiger partial charge is 0.214 e. The van der Waals surface area contributed by atoms with Crippen molar-refractivity contribution in [2.45, 2.75) is 24.5 Å². The third-order valence-corrected chi connectivity index (χ3v) is 6.16. The van der Waals surface area contributed by atoms with Crippen molar-refractivity contribution >= 4 is 33.4 Å². The lowest BCUT2D eigenvalue weighted by Crippen LogP contribution is -2.35. The maximum absolute atomic E-state index is 11.6. The Bertz CT molecular complexity index is 301. The van der Waals surface area contributed by atoms with E-state index in [1.807, 2.05) is 13.2 Å². The minimum absolute atomic E-state index is 0.00796. The van der Waals surface area contributed by atoms with Crippen LogP contribution in [0.2, 0.25) is 0 Å². The molecule has 15 heavy (non-hydrogen) atoms. The van der Waals surface area contributed by atoms with Gasteiger partial charge in [0.1, 0.15) is 0 Å². The lowest BCUT2D eigenvalue weighted by Gasteiger charge is -2.14. The molecule has 1 N–H and O–H groups in total. The van der Waals surface area contributed by atoms with Crippen molar-refractivity contribution in [2.24, 2.45) is 5.92 Å². The first-order chi connectivity index (χ1) is 6.93. The second-order valence-electron chi connectivity index (χ2n) is 4.25. The zero-order valence-electron chi connectivity index (χ0n) is 9.12. The van der Waals surface area contributed by atoms with Gasteiger partial charge in [0.2, 0.25) is 10.0 Å². The smallest absolute Gasteiger partial charge is 0.211 e. The summed E-state index contributed by atoms with van der Waals surface area (Å²) in [6.45, 7) is 2.40. The van der Waals surface area contributed by atoms with E-state index in [4.69, 9.17) is 11.6 Å². The number of rotatable bonds is 7. The minimum atomic E-state index is -3.14. The summed E-state index contributed by atoms with van der Waals surface area (Å²) in [5.41, 5.74) is 0. The molecule has 0 aliphatic heterocycles. The van der Waals surface area contributed by atoms with E-state index in [9.17, 15) is 8.42 Å². The van der Waals surface area contributed by atoms with Crippen LogP contribution in [-0.4, -0.2) is 37.6 Å². The number of alkyl halides is 1. The lowest BCUT2D eigenvalue weighted by molar-refractivity contribution is 0.567. The Balaban J connectivity index is 2.36. The van der Waals surface area contributed by atoms with Gasteiger partial charge >= 0.3 is 0 Å². The summed E-state index contributed by atoms with van der Waals surface area (Å²) in [7, 11) is -3.14. The molecule has 0 radical (unpaired) electrons. The van der Waals surface area contributed by atoms with Crippen LogP contribution in [0.15, 0.2) is 0 Å². The Kier molecular flexibility index (Phi) is 4.77. The second kappa shape index (κ2) is 5.25. The fourth-order valence-corrected chi connectivity index (χ4v) is 3.85. The van der Waals surface area contributed by atoms with Gasteiger partial charge in [-0.3, -0.25) is 0 Å². The first kappa shape index (κ1) is 13.6. The predicted octanol–water partition coefficient (Wildman–Crippen LogP) is 1.68. The summed E-state index contributed by atoms with van der Waals surface area (Å²) in [5.74, 6) is 0.517. The van der Waals surface area contributed by atoms with E-state index in [0.717, 1.165) is 12.8 Å². The topological polar surface area (TPSA) is 46.2 Å². The van der Waals surface area contributed by atoms with Crippen LogP contribution < -0.4 is 4.72 Å². The van der Waals surface area contributed by atoms with Crippen molar-refractivity contribution in [2.75, 3.05) is 24.4 Å². The van der Waals surface area contributed by atoms with Crippen molar-refractivity contribution in [1.82, 2.24) is 4.72 Å². The van der Waals surface area contributed by atoms with Crippen molar-refractivity contribution in [3.05, 3.63) is 0 Å². The maximum Gasteiger partial charge on any atom is 0.211 e. The summed E-state index contributed by atoms with van der Waals surface area (Å²) in [6.07, 6.45) is 4.26. The molecule has 0 amide bonds. The highest BCUT2D eigenvalue weighted by molar-refractivity contribution is 8.00. The molecule has 3 nitrogen and oxygen atoms in total. The molecule has 1 atom stereocenters. The average Bonchev–Trinajstić information content (AvgIpc) is 2.95. The van der Waals surface area contributed by atoms with Gasteiger partial charge in [-0.15, -0.1) is 11.6 Å². The van der Waals surface area contributed by atoms with Crippen molar-refractivity contribution in [1.29, 1.82) is 0 Å². The van der Waals surface area contributed by atoms with E-state index in [1.165, 1.54) is 0 Å². The highest BCUT2D eigenvalue weighted by Gasteiger charge is 2.42. The van der Waals surface area contributed by atoms with E-state index in [1.54, 1.807) is 11.8 Å².